The number of urea groups is 1. The average molecular weight is 350 g/mol. The summed E-state index contributed by atoms with van der Waals surface area (Å²) in [5, 5.41) is 2.22. The van der Waals surface area contributed by atoms with Crippen molar-refractivity contribution in [3.8, 4) is 5.75 Å². The Morgan fingerprint density at radius 1 is 1.08 bits per heavy atom. The number of nitrogens with zero attached hydrogens (tertiary/aromatic N) is 1. The van der Waals surface area contributed by atoms with Gasteiger partial charge in [-0.15, -0.1) is 0 Å². The van der Waals surface area contributed by atoms with Gasteiger partial charge in [0.05, 0.1) is 13.7 Å². The molecule has 1 saturated heterocycles. The zero-order chi connectivity index (χ0) is 18.7. The minimum Gasteiger partial charge on any atom is -0.496 e. The Balaban J connectivity index is 1.91. The van der Waals surface area contributed by atoms with Gasteiger partial charge in [-0.3, -0.25) is 19.8 Å². The van der Waals surface area contributed by atoms with E-state index in [0.717, 1.165) is 16.0 Å². The molecule has 2 aromatic carbocycles. The highest BCUT2D eigenvalue weighted by molar-refractivity contribution is 6.30. The summed E-state index contributed by atoms with van der Waals surface area (Å²) in [6, 6.07) is 13.7. The van der Waals surface area contributed by atoms with Gasteiger partial charge in [0.2, 0.25) is 0 Å². The van der Waals surface area contributed by atoms with Gasteiger partial charge in [0, 0.05) is 0 Å². The van der Waals surface area contributed by atoms with E-state index < -0.39 is 17.8 Å². The molecule has 1 aliphatic rings. The summed E-state index contributed by atoms with van der Waals surface area (Å²) < 4.78 is 5.21. The molecule has 3 rings (SSSR count). The molecule has 1 N–H and O–H groups in total. The SMILES string of the molecule is COc1ccc(C=C2C(=O)NC(=O)N(Cc3ccccc3)C2=O)cc1C. The second-order valence-corrected chi connectivity index (χ2v) is 5.92. The van der Waals surface area contributed by atoms with Gasteiger partial charge < -0.3 is 4.74 Å². The topological polar surface area (TPSA) is 75.7 Å². The summed E-state index contributed by atoms with van der Waals surface area (Å²) in [6.45, 7) is 1.96. The largest absolute Gasteiger partial charge is 0.496 e. The van der Waals surface area contributed by atoms with Gasteiger partial charge in [0.15, 0.2) is 0 Å². The van der Waals surface area contributed by atoms with Gasteiger partial charge in [0.1, 0.15) is 11.3 Å². The Kier molecular flexibility index (Phi) is 4.84. The first kappa shape index (κ1) is 17.4. The zero-order valence-electron chi connectivity index (χ0n) is 14.5. The first-order valence-electron chi connectivity index (χ1n) is 8.07. The number of carbonyl (C=O) groups excluding carboxylic acids is 3. The summed E-state index contributed by atoms with van der Waals surface area (Å²) in [4.78, 5) is 38.0. The Bertz CT molecular complexity index is 903. The maximum atomic E-state index is 12.7. The molecule has 0 aromatic heterocycles. The predicted octanol–water partition coefficient (Wildman–Crippen LogP) is 2.67. The average Bonchev–Trinajstić information content (AvgIpc) is 2.63. The highest BCUT2D eigenvalue weighted by atomic mass is 16.5. The van der Waals surface area contributed by atoms with E-state index in [9.17, 15) is 14.4 Å². The molecule has 4 amide bonds. The third kappa shape index (κ3) is 3.49. The van der Waals surface area contributed by atoms with Crippen molar-refractivity contribution in [2.75, 3.05) is 7.11 Å². The Labute approximate surface area is 151 Å². The Morgan fingerprint density at radius 3 is 2.46 bits per heavy atom. The second-order valence-electron chi connectivity index (χ2n) is 5.92. The predicted molar refractivity (Wildman–Crippen MR) is 96.2 cm³/mol. The maximum absolute atomic E-state index is 12.7. The van der Waals surface area contributed by atoms with Crippen LogP contribution in [0.25, 0.3) is 6.08 Å². The van der Waals surface area contributed by atoms with Crippen LogP contribution >= 0.6 is 0 Å². The van der Waals surface area contributed by atoms with E-state index in [-0.39, 0.29) is 12.1 Å². The van der Waals surface area contributed by atoms with Crippen LogP contribution < -0.4 is 10.1 Å². The van der Waals surface area contributed by atoms with Crippen LogP contribution in [0.3, 0.4) is 0 Å². The van der Waals surface area contributed by atoms with Crippen LogP contribution in [0.1, 0.15) is 16.7 Å². The number of carbonyl (C=O) groups is 3. The molecule has 0 saturated carbocycles. The molecule has 1 fully saturated rings. The van der Waals surface area contributed by atoms with Crippen molar-refractivity contribution < 1.29 is 19.1 Å². The standard InChI is InChI=1S/C20H18N2O4/c1-13-10-15(8-9-17(13)26-2)11-16-18(23)21-20(25)22(19(16)24)12-14-6-4-3-5-7-14/h3-11H,12H2,1-2H3,(H,21,23,25). The highest BCUT2D eigenvalue weighted by Crippen LogP contribution is 2.22. The van der Waals surface area contributed by atoms with Crippen molar-refractivity contribution in [1.82, 2.24) is 10.2 Å². The molecule has 0 atom stereocenters. The molecule has 6 nitrogen and oxygen atoms in total. The fourth-order valence-corrected chi connectivity index (χ4v) is 2.76. The van der Waals surface area contributed by atoms with Crippen LogP contribution in [0.4, 0.5) is 4.79 Å². The normalized spacial score (nSPS) is 16.0. The summed E-state index contributed by atoms with van der Waals surface area (Å²) in [5.74, 6) is -0.596. The summed E-state index contributed by atoms with van der Waals surface area (Å²) in [5.41, 5.74) is 2.27. The van der Waals surface area contributed by atoms with Gasteiger partial charge in [-0.1, -0.05) is 36.4 Å². The Morgan fingerprint density at radius 2 is 1.81 bits per heavy atom. The number of hydrogen-bond donors (Lipinski definition) is 1. The fraction of sp³-hybridized carbons (Fsp3) is 0.150. The smallest absolute Gasteiger partial charge is 0.331 e. The van der Waals surface area contributed by atoms with Gasteiger partial charge in [-0.2, -0.15) is 0 Å². The maximum Gasteiger partial charge on any atom is 0.331 e. The second kappa shape index (κ2) is 7.23. The third-order valence-electron chi connectivity index (χ3n) is 4.10. The van der Waals surface area contributed by atoms with E-state index in [1.165, 1.54) is 6.08 Å². The lowest BCUT2D eigenvalue weighted by molar-refractivity contribution is -0.130. The van der Waals surface area contributed by atoms with Gasteiger partial charge in [-0.05, 0) is 41.8 Å². The number of ether oxygens (including phenoxy) is 1. The fourth-order valence-electron chi connectivity index (χ4n) is 2.76. The number of methoxy groups -OCH3 is 1. The van der Waals surface area contributed by atoms with Crippen LogP contribution in [0, 0.1) is 6.92 Å². The molecule has 0 spiro atoms. The van der Waals surface area contributed by atoms with E-state index in [4.69, 9.17) is 4.74 Å². The Hall–Kier alpha value is -3.41. The zero-order valence-corrected chi connectivity index (χ0v) is 14.5. The first-order chi connectivity index (χ1) is 12.5. The summed E-state index contributed by atoms with van der Waals surface area (Å²) in [7, 11) is 1.58. The van der Waals surface area contributed by atoms with E-state index >= 15 is 0 Å². The van der Waals surface area contributed by atoms with Crippen molar-refractivity contribution >= 4 is 23.9 Å². The number of aryl methyl sites for hydroxylation is 1. The molecular formula is C20H18N2O4. The summed E-state index contributed by atoms with van der Waals surface area (Å²) in [6.07, 6.45) is 1.48. The monoisotopic (exact) mass is 350 g/mol. The highest BCUT2D eigenvalue weighted by Gasteiger charge is 2.35. The van der Waals surface area contributed by atoms with Crippen LogP contribution in [0.15, 0.2) is 54.1 Å². The molecular weight excluding hydrogens is 332 g/mol. The lowest BCUT2D eigenvalue weighted by Crippen LogP contribution is -2.53. The number of benzene rings is 2. The molecule has 1 heterocycles. The first-order valence-corrected chi connectivity index (χ1v) is 8.07. The van der Waals surface area contributed by atoms with Crippen molar-refractivity contribution in [2.24, 2.45) is 0 Å². The van der Waals surface area contributed by atoms with E-state index in [0.29, 0.717) is 11.3 Å². The van der Waals surface area contributed by atoms with E-state index in [2.05, 4.69) is 5.32 Å². The van der Waals surface area contributed by atoms with Gasteiger partial charge >= 0.3 is 6.03 Å². The summed E-state index contributed by atoms with van der Waals surface area (Å²) >= 11 is 0. The number of barbiturate groups is 1. The number of nitrogens with one attached hydrogen (secondary N) is 1. The van der Waals surface area contributed by atoms with Gasteiger partial charge in [-0.25, -0.2) is 4.79 Å². The van der Waals surface area contributed by atoms with Crippen LogP contribution in [0.2, 0.25) is 0 Å². The molecule has 0 aliphatic carbocycles. The van der Waals surface area contributed by atoms with Crippen molar-refractivity contribution in [2.45, 2.75) is 13.5 Å². The molecule has 2 aromatic rings. The number of hydrogen-bond acceptors (Lipinski definition) is 4. The molecule has 132 valence electrons. The van der Waals surface area contributed by atoms with Crippen LogP contribution in [-0.4, -0.2) is 29.9 Å². The van der Waals surface area contributed by atoms with E-state index in [1.807, 2.05) is 43.3 Å². The van der Waals surface area contributed by atoms with Crippen molar-refractivity contribution in [3.63, 3.8) is 0 Å². The van der Waals surface area contributed by atoms with Gasteiger partial charge in [0.25, 0.3) is 11.8 Å². The molecule has 6 heteroatoms. The van der Waals surface area contributed by atoms with Crippen molar-refractivity contribution in [3.05, 3.63) is 70.8 Å². The minimum absolute atomic E-state index is 0.0786. The molecule has 0 unspecified atom stereocenters. The number of amides is 4. The third-order valence-corrected chi connectivity index (χ3v) is 4.10. The number of imide groups is 2. The quantitative estimate of drug-likeness (QED) is 0.679. The van der Waals surface area contributed by atoms with E-state index in [1.54, 1.807) is 19.2 Å². The molecule has 26 heavy (non-hydrogen) atoms. The number of rotatable bonds is 4. The lowest BCUT2D eigenvalue weighted by atomic mass is 10.0. The molecule has 0 radical (unpaired) electrons. The van der Waals surface area contributed by atoms with Crippen molar-refractivity contribution in [1.29, 1.82) is 0 Å². The minimum atomic E-state index is -0.716. The molecule has 1 aliphatic heterocycles. The van der Waals surface area contributed by atoms with Crippen LogP contribution in [0.5, 0.6) is 5.75 Å². The van der Waals surface area contributed by atoms with Crippen LogP contribution in [-0.2, 0) is 16.1 Å². The lowest BCUT2D eigenvalue weighted by Gasteiger charge is -2.26. The molecule has 0 bridgehead atoms.